The smallest absolute Gasteiger partial charge is 0.225 e. The van der Waals surface area contributed by atoms with Gasteiger partial charge in [0, 0.05) is 25.5 Å². The fourth-order valence-electron chi connectivity index (χ4n) is 3.79. The number of piperidine rings is 1. The van der Waals surface area contributed by atoms with Gasteiger partial charge in [0.1, 0.15) is 0 Å². The van der Waals surface area contributed by atoms with E-state index in [9.17, 15) is 0 Å². The van der Waals surface area contributed by atoms with Gasteiger partial charge in [-0.25, -0.2) is 9.97 Å². The largest absolute Gasteiger partial charge is 0.397 e. The molecule has 5 heteroatoms. The molecule has 4 rings (SSSR count). The van der Waals surface area contributed by atoms with Gasteiger partial charge in [0.05, 0.1) is 11.4 Å². The highest BCUT2D eigenvalue weighted by atomic mass is 15.2. The van der Waals surface area contributed by atoms with Gasteiger partial charge in [0.15, 0.2) is 0 Å². The van der Waals surface area contributed by atoms with Crippen molar-refractivity contribution >= 4 is 17.3 Å². The lowest BCUT2D eigenvalue weighted by atomic mass is 9.83. The zero-order chi connectivity index (χ0) is 17.9. The van der Waals surface area contributed by atoms with E-state index in [-0.39, 0.29) is 0 Å². The maximum Gasteiger partial charge on any atom is 0.225 e. The van der Waals surface area contributed by atoms with Gasteiger partial charge in [0.2, 0.25) is 5.95 Å². The van der Waals surface area contributed by atoms with Crippen molar-refractivity contribution in [3.05, 3.63) is 66.5 Å². The standard InChI is InChI=1S/C21H23N5/c22-18-8-7-17(15-5-2-1-3-6-15)19(20(18)23)16-9-13-26(14-10-16)21-24-11-4-12-25-21/h1-8,11-12,16H,9-10,13-14,22-23H2. The molecule has 1 aromatic heterocycles. The Morgan fingerprint density at radius 3 is 2.23 bits per heavy atom. The first-order valence-electron chi connectivity index (χ1n) is 8.99. The first-order valence-corrected chi connectivity index (χ1v) is 8.99. The summed E-state index contributed by atoms with van der Waals surface area (Å²) in [4.78, 5) is 11.0. The molecule has 0 amide bonds. The minimum Gasteiger partial charge on any atom is -0.397 e. The fourth-order valence-corrected chi connectivity index (χ4v) is 3.79. The van der Waals surface area contributed by atoms with Gasteiger partial charge in [-0.2, -0.15) is 0 Å². The lowest BCUT2D eigenvalue weighted by molar-refractivity contribution is 0.501. The molecule has 0 bridgehead atoms. The predicted molar refractivity (Wildman–Crippen MR) is 107 cm³/mol. The number of hydrogen-bond donors (Lipinski definition) is 2. The number of aromatic nitrogens is 2. The summed E-state index contributed by atoms with van der Waals surface area (Å²) in [5.41, 5.74) is 17.5. The van der Waals surface area contributed by atoms with Crippen LogP contribution < -0.4 is 16.4 Å². The Labute approximate surface area is 153 Å². The zero-order valence-corrected chi connectivity index (χ0v) is 14.7. The first-order chi connectivity index (χ1) is 12.7. The average molecular weight is 345 g/mol. The van der Waals surface area contributed by atoms with E-state index in [1.54, 1.807) is 12.4 Å². The third-order valence-electron chi connectivity index (χ3n) is 5.14. The van der Waals surface area contributed by atoms with Crippen LogP contribution in [0.5, 0.6) is 0 Å². The molecule has 1 aliphatic heterocycles. The van der Waals surface area contributed by atoms with Gasteiger partial charge in [-0.15, -0.1) is 0 Å². The Kier molecular flexibility index (Phi) is 4.44. The summed E-state index contributed by atoms with van der Waals surface area (Å²) >= 11 is 0. The van der Waals surface area contributed by atoms with Crippen LogP contribution in [0.4, 0.5) is 17.3 Å². The third kappa shape index (κ3) is 3.08. The van der Waals surface area contributed by atoms with Crippen LogP contribution in [-0.4, -0.2) is 23.1 Å². The van der Waals surface area contributed by atoms with Crippen LogP contribution in [0.15, 0.2) is 60.9 Å². The first kappa shape index (κ1) is 16.4. The van der Waals surface area contributed by atoms with Gasteiger partial charge in [-0.3, -0.25) is 0 Å². The Balaban J connectivity index is 1.63. The molecule has 0 atom stereocenters. The predicted octanol–water partition coefficient (Wildman–Crippen LogP) is 3.69. The SMILES string of the molecule is Nc1ccc(-c2ccccc2)c(C2CCN(c3ncccn3)CC2)c1N. The van der Waals surface area contributed by atoms with Crippen LogP contribution in [0.2, 0.25) is 0 Å². The summed E-state index contributed by atoms with van der Waals surface area (Å²) in [5, 5.41) is 0. The van der Waals surface area contributed by atoms with E-state index in [1.165, 1.54) is 16.7 Å². The molecule has 132 valence electrons. The third-order valence-corrected chi connectivity index (χ3v) is 5.14. The summed E-state index contributed by atoms with van der Waals surface area (Å²) in [6.45, 7) is 1.83. The molecular formula is C21H23N5. The Bertz CT molecular complexity index is 872. The highest BCUT2D eigenvalue weighted by molar-refractivity contribution is 5.81. The van der Waals surface area contributed by atoms with Crippen molar-refractivity contribution in [1.82, 2.24) is 9.97 Å². The Morgan fingerprint density at radius 2 is 1.54 bits per heavy atom. The lowest BCUT2D eigenvalue weighted by Crippen LogP contribution is -2.34. The number of hydrogen-bond acceptors (Lipinski definition) is 5. The number of rotatable bonds is 3. The summed E-state index contributed by atoms with van der Waals surface area (Å²) < 4.78 is 0. The van der Waals surface area contributed by atoms with Gasteiger partial charge < -0.3 is 16.4 Å². The molecule has 1 fully saturated rings. The van der Waals surface area contributed by atoms with E-state index in [0.29, 0.717) is 11.6 Å². The molecule has 0 saturated carbocycles. The van der Waals surface area contributed by atoms with Crippen molar-refractivity contribution in [3.63, 3.8) is 0 Å². The Hall–Kier alpha value is -3.08. The van der Waals surface area contributed by atoms with Gasteiger partial charge in [-0.1, -0.05) is 36.4 Å². The van der Waals surface area contributed by atoms with Gasteiger partial charge in [-0.05, 0) is 47.6 Å². The van der Waals surface area contributed by atoms with Gasteiger partial charge in [0.25, 0.3) is 0 Å². The number of nitrogen functional groups attached to an aromatic ring is 2. The summed E-state index contributed by atoms with van der Waals surface area (Å²) in [5.74, 6) is 1.18. The van der Waals surface area contributed by atoms with E-state index in [2.05, 4.69) is 45.2 Å². The van der Waals surface area contributed by atoms with Crippen molar-refractivity contribution in [2.45, 2.75) is 18.8 Å². The van der Waals surface area contributed by atoms with Crippen molar-refractivity contribution in [2.75, 3.05) is 29.5 Å². The Morgan fingerprint density at radius 1 is 0.846 bits per heavy atom. The zero-order valence-electron chi connectivity index (χ0n) is 14.7. The molecule has 26 heavy (non-hydrogen) atoms. The highest BCUT2D eigenvalue weighted by Crippen LogP contribution is 2.41. The van der Waals surface area contributed by atoms with Crippen LogP contribution in [0.25, 0.3) is 11.1 Å². The van der Waals surface area contributed by atoms with E-state index >= 15 is 0 Å². The second-order valence-electron chi connectivity index (χ2n) is 6.71. The molecule has 0 spiro atoms. The average Bonchev–Trinajstić information content (AvgIpc) is 2.71. The second kappa shape index (κ2) is 7.04. The second-order valence-corrected chi connectivity index (χ2v) is 6.71. The molecule has 2 aromatic carbocycles. The molecular weight excluding hydrogens is 322 g/mol. The minimum absolute atomic E-state index is 0.383. The molecule has 0 unspecified atom stereocenters. The quantitative estimate of drug-likeness (QED) is 0.708. The minimum atomic E-state index is 0.383. The summed E-state index contributed by atoms with van der Waals surface area (Å²) in [7, 11) is 0. The molecule has 1 saturated heterocycles. The number of benzene rings is 2. The molecule has 3 aromatic rings. The van der Waals surface area contributed by atoms with Gasteiger partial charge >= 0.3 is 0 Å². The number of anilines is 3. The molecule has 5 nitrogen and oxygen atoms in total. The maximum atomic E-state index is 6.43. The summed E-state index contributed by atoms with van der Waals surface area (Å²) in [6.07, 6.45) is 5.59. The van der Waals surface area contributed by atoms with Crippen molar-refractivity contribution in [2.24, 2.45) is 0 Å². The topological polar surface area (TPSA) is 81.1 Å². The normalized spacial score (nSPS) is 15.2. The van der Waals surface area contributed by atoms with Crippen LogP contribution in [-0.2, 0) is 0 Å². The monoisotopic (exact) mass is 345 g/mol. The molecule has 1 aliphatic rings. The highest BCUT2D eigenvalue weighted by Gasteiger charge is 2.26. The van der Waals surface area contributed by atoms with Crippen molar-refractivity contribution < 1.29 is 0 Å². The number of nitrogens with two attached hydrogens (primary N) is 2. The van der Waals surface area contributed by atoms with Crippen molar-refractivity contribution in [1.29, 1.82) is 0 Å². The van der Waals surface area contributed by atoms with E-state index in [4.69, 9.17) is 11.5 Å². The lowest BCUT2D eigenvalue weighted by Gasteiger charge is -2.33. The van der Waals surface area contributed by atoms with E-state index in [1.807, 2.05) is 18.2 Å². The van der Waals surface area contributed by atoms with Crippen LogP contribution in [0.1, 0.15) is 24.3 Å². The maximum absolute atomic E-state index is 6.43. The number of nitrogens with zero attached hydrogens (tertiary/aromatic N) is 3. The molecule has 2 heterocycles. The molecule has 0 aliphatic carbocycles. The fraction of sp³-hybridized carbons (Fsp3) is 0.238. The molecule has 4 N–H and O–H groups in total. The van der Waals surface area contributed by atoms with Crippen molar-refractivity contribution in [3.8, 4) is 11.1 Å². The van der Waals surface area contributed by atoms with Crippen LogP contribution in [0.3, 0.4) is 0 Å². The molecule has 0 radical (unpaired) electrons. The summed E-state index contributed by atoms with van der Waals surface area (Å²) in [6, 6.07) is 16.2. The van der Waals surface area contributed by atoms with Crippen LogP contribution in [0, 0.1) is 0 Å². The van der Waals surface area contributed by atoms with E-state index < -0.39 is 0 Å². The van der Waals surface area contributed by atoms with Crippen LogP contribution >= 0.6 is 0 Å². The van der Waals surface area contributed by atoms with E-state index in [0.717, 1.165) is 37.6 Å².